The van der Waals surface area contributed by atoms with Gasteiger partial charge < -0.3 is 5.11 Å². The van der Waals surface area contributed by atoms with Crippen LogP contribution in [0.15, 0.2) is 42.5 Å². The van der Waals surface area contributed by atoms with Crippen LogP contribution in [-0.2, 0) is 15.8 Å². The molecule has 2 aliphatic rings. The highest BCUT2D eigenvalue weighted by Crippen LogP contribution is 2.38. The predicted octanol–water partition coefficient (Wildman–Crippen LogP) is 1.48. The van der Waals surface area contributed by atoms with Crippen LogP contribution in [0, 0.1) is 0 Å². The number of rotatable bonds is 3. The van der Waals surface area contributed by atoms with Crippen molar-refractivity contribution in [1.29, 1.82) is 0 Å². The summed E-state index contributed by atoms with van der Waals surface area (Å²) in [6.07, 6.45) is 2.91. The summed E-state index contributed by atoms with van der Waals surface area (Å²) >= 11 is 0. The third-order valence-electron chi connectivity index (χ3n) is 4.80. The van der Waals surface area contributed by atoms with Crippen molar-refractivity contribution in [2.24, 2.45) is 0 Å². The highest BCUT2D eigenvalue weighted by atomic mass is 32.2. The van der Waals surface area contributed by atoms with Crippen molar-refractivity contribution in [2.75, 3.05) is 14.1 Å². The Morgan fingerprint density at radius 1 is 1.15 bits per heavy atom. The number of hydrazine groups is 1. The molecule has 0 radical (unpaired) electrons. The van der Waals surface area contributed by atoms with Gasteiger partial charge in [-0.25, -0.2) is 14.2 Å². The maximum absolute atomic E-state index is 13.2. The second kappa shape index (κ2) is 6.88. The first-order valence-corrected chi connectivity index (χ1v) is 9.93. The summed E-state index contributed by atoms with van der Waals surface area (Å²) in [7, 11) is 2.25. The molecule has 0 aliphatic carbocycles. The fraction of sp³-hybridized carbons (Fsp3) is 0.526. The molecular formula is C19H27N3O3S. The predicted molar refractivity (Wildman–Crippen MR) is 102 cm³/mol. The van der Waals surface area contributed by atoms with Crippen LogP contribution in [0.5, 0.6) is 0 Å². The average Bonchev–Trinajstić information content (AvgIpc) is 2.85. The number of amides is 1. The van der Waals surface area contributed by atoms with Crippen LogP contribution >= 0.6 is 0 Å². The second-order valence-corrected chi connectivity index (χ2v) is 9.41. The number of hydrogen-bond acceptors (Lipinski definition) is 5. The van der Waals surface area contributed by atoms with Crippen LogP contribution in [-0.4, -0.2) is 66.5 Å². The van der Waals surface area contributed by atoms with Crippen LogP contribution in [0.4, 0.5) is 0 Å². The molecule has 7 heteroatoms. The topological polar surface area (TPSA) is 64.1 Å². The largest absolute Gasteiger partial charge is 0.386 e. The van der Waals surface area contributed by atoms with Crippen LogP contribution < -0.4 is 0 Å². The van der Waals surface area contributed by atoms with E-state index in [1.807, 2.05) is 87.4 Å². The molecule has 1 saturated heterocycles. The first kappa shape index (κ1) is 19.2. The Morgan fingerprint density at radius 3 is 2.31 bits per heavy atom. The Balaban J connectivity index is 2.00. The van der Waals surface area contributed by atoms with Gasteiger partial charge in [-0.2, -0.15) is 0 Å². The number of carbonyl (C=O) groups excluding carboxylic acids is 1. The summed E-state index contributed by atoms with van der Waals surface area (Å²) in [5.41, 5.74) is 0.255. The van der Waals surface area contributed by atoms with Gasteiger partial charge in [0.15, 0.2) is 0 Å². The molecule has 1 amide bonds. The molecule has 1 aromatic carbocycles. The molecule has 2 heterocycles. The minimum Gasteiger partial charge on any atom is -0.386 e. The van der Waals surface area contributed by atoms with E-state index in [0.717, 1.165) is 5.56 Å². The van der Waals surface area contributed by atoms with Gasteiger partial charge in [0.05, 0.1) is 17.4 Å². The second-order valence-electron chi connectivity index (χ2n) is 7.95. The van der Waals surface area contributed by atoms with Crippen LogP contribution in [0.25, 0.3) is 0 Å². The maximum atomic E-state index is 13.2. The smallest absolute Gasteiger partial charge is 0.255 e. The van der Waals surface area contributed by atoms with Gasteiger partial charge in [0.1, 0.15) is 17.0 Å². The zero-order valence-electron chi connectivity index (χ0n) is 15.9. The van der Waals surface area contributed by atoms with Gasteiger partial charge in [0.2, 0.25) is 0 Å². The molecular weight excluding hydrogens is 350 g/mol. The Kier molecular flexibility index (Phi) is 5.09. The van der Waals surface area contributed by atoms with E-state index in [2.05, 4.69) is 0 Å². The number of nitrogens with zero attached hydrogens (tertiary/aromatic N) is 3. The van der Waals surface area contributed by atoms with Crippen molar-refractivity contribution in [1.82, 2.24) is 14.3 Å². The molecule has 142 valence electrons. The molecule has 1 N–H and O–H groups in total. The Hall–Kier alpha value is -1.54. The molecule has 1 aromatic rings. The molecule has 0 bridgehead atoms. The molecule has 1 unspecified atom stereocenters. The maximum Gasteiger partial charge on any atom is 0.255 e. The van der Waals surface area contributed by atoms with Crippen molar-refractivity contribution < 1.29 is 14.1 Å². The molecule has 5 atom stereocenters. The lowest BCUT2D eigenvalue weighted by Crippen LogP contribution is -2.60. The van der Waals surface area contributed by atoms with Crippen LogP contribution in [0.3, 0.4) is 0 Å². The lowest BCUT2D eigenvalue weighted by atomic mass is 9.95. The van der Waals surface area contributed by atoms with Gasteiger partial charge in [-0.15, -0.1) is 0 Å². The van der Waals surface area contributed by atoms with E-state index in [9.17, 15) is 14.1 Å². The van der Waals surface area contributed by atoms with Gasteiger partial charge in [-0.05, 0) is 26.3 Å². The third kappa shape index (κ3) is 3.13. The number of hydrogen-bond donors (Lipinski definition) is 1. The van der Waals surface area contributed by atoms with Crippen LogP contribution in [0.1, 0.15) is 32.4 Å². The molecule has 6 nitrogen and oxygen atoms in total. The molecule has 0 spiro atoms. The van der Waals surface area contributed by atoms with Crippen molar-refractivity contribution >= 4 is 16.9 Å². The molecule has 3 rings (SSSR count). The van der Waals surface area contributed by atoms with E-state index < -0.39 is 40.0 Å². The SMILES string of the molecule is CN(C)N1[C@H]([C@@H](O)c2ccccc2)C=C[C@H]2[C@@H]1C(=O)N(C(C)(C)C)S2=O. The van der Waals surface area contributed by atoms with Gasteiger partial charge >= 0.3 is 0 Å². The van der Waals surface area contributed by atoms with E-state index in [0.29, 0.717) is 0 Å². The van der Waals surface area contributed by atoms with Crippen LogP contribution in [0.2, 0.25) is 0 Å². The molecule has 26 heavy (non-hydrogen) atoms. The van der Waals surface area contributed by atoms with Crippen molar-refractivity contribution in [3.8, 4) is 0 Å². The number of fused-ring (bicyclic) bond motifs is 1. The summed E-state index contributed by atoms with van der Waals surface area (Å²) < 4.78 is 14.4. The summed E-state index contributed by atoms with van der Waals surface area (Å²) in [4.78, 5) is 13.2. The lowest BCUT2D eigenvalue weighted by molar-refractivity contribution is -0.146. The molecule has 0 aromatic heterocycles. The Bertz CT molecular complexity index is 729. The molecule has 1 fully saturated rings. The van der Waals surface area contributed by atoms with Gasteiger partial charge in [0.25, 0.3) is 5.91 Å². The zero-order chi connectivity index (χ0) is 19.2. The van der Waals surface area contributed by atoms with E-state index >= 15 is 0 Å². The lowest BCUT2D eigenvalue weighted by Gasteiger charge is -2.43. The van der Waals surface area contributed by atoms with E-state index in [4.69, 9.17) is 0 Å². The quantitative estimate of drug-likeness (QED) is 0.809. The summed E-state index contributed by atoms with van der Waals surface area (Å²) in [6, 6.07) is 8.41. The van der Waals surface area contributed by atoms with Gasteiger partial charge in [-0.3, -0.25) is 9.10 Å². The number of carbonyl (C=O) groups is 1. The fourth-order valence-electron chi connectivity index (χ4n) is 3.73. The highest BCUT2D eigenvalue weighted by Gasteiger charge is 2.55. The highest BCUT2D eigenvalue weighted by molar-refractivity contribution is 7.84. The average molecular weight is 378 g/mol. The van der Waals surface area contributed by atoms with Gasteiger partial charge in [-0.1, -0.05) is 42.5 Å². The van der Waals surface area contributed by atoms with E-state index in [1.165, 1.54) is 4.31 Å². The standard InChI is InChI=1S/C19H27N3O3S/c1-19(2,3)22-18(24)16-15(26(22)25)12-11-14(21(16)20(4)5)17(23)13-9-7-6-8-10-13/h6-12,14-17,23H,1-5H3/t14-,15-,16+,17-,26?/m0/s1. The van der Waals surface area contributed by atoms with Crippen molar-refractivity contribution in [2.45, 2.75) is 49.7 Å². The Labute approximate surface area is 157 Å². The van der Waals surface area contributed by atoms with Gasteiger partial charge in [0, 0.05) is 19.6 Å². The van der Waals surface area contributed by atoms with E-state index in [1.54, 1.807) is 0 Å². The van der Waals surface area contributed by atoms with E-state index in [-0.39, 0.29) is 5.91 Å². The zero-order valence-corrected chi connectivity index (χ0v) is 16.7. The minimum atomic E-state index is -1.44. The normalized spacial score (nSPS) is 30.7. The van der Waals surface area contributed by atoms with Crippen molar-refractivity contribution in [3.63, 3.8) is 0 Å². The third-order valence-corrected chi connectivity index (χ3v) is 6.77. The summed E-state index contributed by atoms with van der Waals surface area (Å²) in [5, 5.41) is 14.2. The number of aliphatic hydroxyl groups is 1. The molecule has 2 aliphatic heterocycles. The fourth-order valence-corrected chi connectivity index (χ4v) is 5.48. The number of benzene rings is 1. The minimum absolute atomic E-state index is 0.163. The molecule has 0 saturated carbocycles. The first-order chi connectivity index (χ1) is 12.1. The summed E-state index contributed by atoms with van der Waals surface area (Å²) in [6.45, 7) is 5.67. The first-order valence-electron chi connectivity index (χ1n) is 8.76. The summed E-state index contributed by atoms with van der Waals surface area (Å²) in [5.74, 6) is -0.163. The number of aliphatic hydroxyl groups excluding tert-OH is 1. The monoisotopic (exact) mass is 377 g/mol. The van der Waals surface area contributed by atoms with Crippen molar-refractivity contribution in [3.05, 3.63) is 48.0 Å². The Morgan fingerprint density at radius 2 is 1.77 bits per heavy atom.